The van der Waals surface area contributed by atoms with Crippen LogP contribution in [0.25, 0.3) is 0 Å². The van der Waals surface area contributed by atoms with Crippen LogP contribution in [0.1, 0.15) is 40.1 Å². The largest absolute Gasteiger partial charge is 0.324 e. The molecule has 0 aliphatic rings. The Balaban J connectivity index is 1.28. The van der Waals surface area contributed by atoms with E-state index in [4.69, 9.17) is 81.2 Å². The van der Waals surface area contributed by atoms with Crippen LogP contribution in [0.5, 0.6) is 0 Å². The molecule has 0 bridgehead atoms. The predicted octanol–water partition coefficient (Wildman–Crippen LogP) is 12.3. The number of amides is 4. The Labute approximate surface area is 394 Å². The lowest BCUT2D eigenvalue weighted by Gasteiger charge is -2.16. The molecule has 0 aliphatic carbocycles. The van der Waals surface area contributed by atoms with Gasteiger partial charge < -0.3 is 21.3 Å². The number of rotatable bonds is 16. The second-order valence-electron chi connectivity index (χ2n) is 13.2. The van der Waals surface area contributed by atoms with Crippen molar-refractivity contribution in [1.29, 1.82) is 0 Å². The number of aryl methyl sites for hydroxylation is 1. The summed E-state index contributed by atoms with van der Waals surface area (Å²) in [6.45, 7) is 2.29. The van der Waals surface area contributed by atoms with Crippen molar-refractivity contribution in [3.8, 4) is 0 Å². The van der Waals surface area contributed by atoms with Crippen LogP contribution < -0.4 is 21.3 Å². The minimum absolute atomic E-state index is 0.00133. The molecule has 0 aromatic heterocycles. The molecule has 0 saturated carbocycles. The fourth-order valence-electron chi connectivity index (χ4n) is 5.50. The van der Waals surface area contributed by atoms with Gasteiger partial charge in [-0.3, -0.25) is 28.8 Å². The van der Waals surface area contributed by atoms with Gasteiger partial charge in [-0.1, -0.05) is 81.7 Å². The highest BCUT2D eigenvalue weighted by Gasteiger charge is 2.27. The highest BCUT2D eigenvalue weighted by molar-refractivity contribution is 6.39. The average molecular weight is 992 g/mol. The van der Waals surface area contributed by atoms with Crippen molar-refractivity contribution in [2.75, 3.05) is 27.1 Å². The topological polar surface area (TPSA) is 200 Å². The van der Waals surface area contributed by atoms with E-state index in [1.54, 1.807) is 12.1 Å². The first-order valence-electron chi connectivity index (χ1n) is 18.2. The third kappa shape index (κ3) is 12.8. The molecule has 0 heterocycles. The summed E-state index contributed by atoms with van der Waals surface area (Å²) in [5.41, 5.74) is 1.36. The van der Waals surface area contributed by atoms with Crippen LogP contribution in [0.15, 0.2) is 111 Å². The number of nitrogens with zero attached hydrogens (tertiary/aromatic N) is 4. The summed E-state index contributed by atoms with van der Waals surface area (Å²) >= 11 is 43.5. The highest BCUT2D eigenvalue weighted by Crippen LogP contribution is 2.34. The van der Waals surface area contributed by atoms with Crippen molar-refractivity contribution < 1.29 is 28.8 Å². The number of Topliss-reactive ketones (excluding diaryl/α,β-unsaturated/α-hetero) is 2. The van der Waals surface area contributed by atoms with Crippen LogP contribution in [0.2, 0.25) is 30.1 Å². The van der Waals surface area contributed by atoms with Crippen molar-refractivity contribution in [3.63, 3.8) is 0 Å². The van der Waals surface area contributed by atoms with Gasteiger partial charge in [0.1, 0.15) is 11.4 Å². The van der Waals surface area contributed by atoms with Crippen molar-refractivity contribution in [2.24, 2.45) is 20.5 Å². The molecule has 14 nitrogen and oxygen atoms in total. The number of benzene rings is 5. The maximum absolute atomic E-state index is 13.4. The van der Waals surface area contributed by atoms with E-state index < -0.39 is 47.3 Å². The van der Waals surface area contributed by atoms with Crippen molar-refractivity contribution in [1.82, 2.24) is 0 Å². The summed E-state index contributed by atoms with van der Waals surface area (Å²) in [5, 5.41) is 27.3. The number of anilines is 4. The van der Waals surface area contributed by atoms with Crippen LogP contribution in [-0.2, 0) is 25.6 Å². The standard InChI is InChI=1S/C42H31Cl7N8O6/c1-20(58)37(56-54-31-7-3-5-26(35(31)48)39(60)52-33-18-23(44)9-12-28(33)46)41(62)50-25-11-14-30(22(17-25)15-16-43)51-42(63)38(21(2)59)57-55-32-8-4-6-27(36(32)49)40(61)53-34-19-24(45)10-13-29(34)47/h3-14,17-19,37-38H,15-16H2,1-2H3,(H,50,62)(H,51,63)(H,52,60)(H,53,61). The van der Waals surface area contributed by atoms with Gasteiger partial charge in [-0.05, 0) is 105 Å². The number of halogens is 7. The van der Waals surface area contributed by atoms with Gasteiger partial charge in [0.2, 0.25) is 12.1 Å². The minimum atomic E-state index is -1.64. The second-order valence-corrected chi connectivity index (χ2v) is 16.0. The van der Waals surface area contributed by atoms with Crippen LogP contribution in [-0.4, -0.2) is 53.2 Å². The van der Waals surface area contributed by atoms with Gasteiger partial charge in [0.25, 0.3) is 23.6 Å². The molecular formula is C42H31Cl7N8O6. The average Bonchev–Trinajstić information content (AvgIpc) is 3.22. The molecule has 5 aromatic rings. The van der Waals surface area contributed by atoms with Gasteiger partial charge in [-0.2, -0.15) is 20.5 Å². The summed E-state index contributed by atoms with van der Waals surface area (Å²) in [6, 6.07) is 18.9. The highest BCUT2D eigenvalue weighted by atomic mass is 35.5. The molecule has 0 fully saturated rings. The van der Waals surface area contributed by atoms with E-state index in [-0.39, 0.29) is 77.6 Å². The summed E-state index contributed by atoms with van der Waals surface area (Å²) in [5.74, 6) is -4.21. The van der Waals surface area contributed by atoms with Crippen molar-refractivity contribution in [2.45, 2.75) is 32.4 Å². The number of nitrogens with one attached hydrogen (secondary N) is 4. The number of alkyl halides is 1. The molecule has 21 heteroatoms. The van der Waals surface area contributed by atoms with Gasteiger partial charge in [0, 0.05) is 27.3 Å². The fraction of sp³-hybridized carbons (Fsp3) is 0.143. The number of carbonyl (C=O) groups is 6. The molecular weight excluding hydrogens is 961 g/mol. The van der Waals surface area contributed by atoms with Crippen LogP contribution in [0.3, 0.4) is 0 Å². The Bertz CT molecular complexity index is 2700. The molecule has 5 aromatic carbocycles. The van der Waals surface area contributed by atoms with E-state index in [0.29, 0.717) is 15.6 Å². The predicted molar refractivity (Wildman–Crippen MR) is 248 cm³/mol. The first kappa shape index (κ1) is 48.6. The Kier molecular flexibility index (Phi) is 17.2. The maximum Gasteiger partial charge on any atom is 0.258 e. The molecule has 2 unspecified atom stereocenters. The number of azo groups is 2. The van der Waals surface area contributed by atoms with E-state index in [2.05, 4.69) is 41.7 Å². The molecule has 4 amide bonds. The molecule has 5 rings (SSSR count). The fourth-order valence-corrected chi connectivity index (χ4v) is 6.88. The van der Waals surface area contributed by atoms with Crippen LogP contribution in [0.4, 0.5) is 34.1 Å². The van der Waals surface area contributed by atoms with Gasteiger partial charge in [-0.25, -0.2) is 0 Å². The zero-order valence-electron chi connectivity index (χ0n) is 32.6. The Morgan fingerprint density at radius 2 is 1.00 bits per heavy atom. The van der Waals surface area contributed by atoms with Crippen molar-refractivity contribution >= 4 is 151 Å². The SMILES string of the molecule is CC(=O)C(N=Nc1cccc(C(=O)Nc2cc(Cl)ccc2Cl)c1Cl)C(=O)Nc1ccc(NC(=O)C(N=Nc2cccc(C(=O)Nc3cc(Cl)ccc3Cl)c2Cl)C(C)=O)c(CCCl)c1. The zero-order chi connectivity index (χ0) is 46.0. The molecule has 2 atom stereocenters. The van der Waals surface area contributed by atoms with Crippen LogP contribution in [0, 0.1) is 0 Å². The molecule has 0 saturated heterocycles. The molecule has 4 N–H and O–H groups in total. The minimum Gasteiger partial charge on any atom is -0.324 e. The molecule has 0 radical (unpaired) electrons. The van der Waals surface area contributed by atoms with Gasteiger partial charge in [-0.15, -0.1) is 11.6 Å². The van der Waals surface area contributed by atoms with E-state index in [1.165, 1.54) is 78.9 Å². The number of carbonyl (C=O) groups excluding carboxylic acids is 6. The number of hydrogen-bond acceptors (Lipinski definition) is 10. The smallest absolute Gasteiger partial charge is 0.258 e. The first-order valence-corrected chi connectivity index (χ1v) is 21.0. The normalized spacial score (nSPS) is 12.1. The summed E-state index contributed by atoms with van der Waals surface area (Å²) < 4.78 is 0. The number of ketones is 2. The van der Waals surface area contributed by atoms with Gasteiger partial charge in [0.05, 0.1) is 42.6 Å². The van der Waals surface area contributed by atoms with Gasteiger partial charge >= 0.3 is 0 Å². The lowest BCUT2D eigenvalue weighted by molar-refractivity contribution is -0.127. The summed E-state index contributed by atoms with van der Waals surface area (Å²) in [7, 11) is 0. The second kappa shape index (κ2) is 22.3. The molecule has 0 aliphatic heterocycles. The molecule has 324 valence electrons. The summed E-state index contributed by atoms with van der Waals surface area (Å²) in [6.07, 6.45) is 0.194. The zero-order valence-corrected chi connectivity index (χ0v) is 37.9. The Hall–Kier alpha value is -5.45. The van der Waals surface area contributed by atoms with E-state index in [1.807, 2.05) is 0 Å². The first-order chi connectivity index (χ1) is 30.0. The molecule has 0 spiro atoms. The van der Waals surface area contributed by atoms with E-state index in [0.717, 1.165) is 13.8 Å². The van der Waals surface area contributed by atoms with E-state index >= 15 is 0 Å². The monoisotopic (exact) mass is 988 g/mol. The molecule has 63 heavy (non-hydrogen) atoms. The third-order valence-corrected chi connectivity index (χ3v) is 10.7. The van der Waals surface area contributed by atoms with E-state index in [9.17, 15) is 28.8 Å². The quantitative estimate of drug-likeness (QED) is 0.0430. The Morgan fingerprint density at radius 3 is 1.44 bits per heavy atom. The third-order valence-electron chi connectivity index (χ3n) is 8.62. The number of hydrogen-bond donors (Lipinski definition) is 4. The van der Waals surface area contributed by atoms with Crippen LogP contribution >= 0.6 is 81.2 Å². The lowest BCUT2D eigenvalue weighted by Crippen LogP contribution is -2.32. The Morgan fingerprint density at radius 1 is 0.540 bits per heavy atom. The van der Waals surface area contributed by atoms with Crippen molar-refractivity contribution in [3.05, 3.63) is 138 Å². The van der Waals surface area contributed by atoms with Gasteiger partial charge in [0.15, 0.2) is 11.6 Å². The maximum atomic E-state index is 13.4. The lowest BCUT2D eigenvalue weighted by atomic mass is 10.1. The summed E-state index contributed by atoms with van der Waals surface area (Å²) in [4.78, 5) is 78.2.